The van der Waals surface area contributed by atoms with Gasteiger partial charge in [-0.3, -0.25) is 5.41 Å². The number of nitrogens with zero attached hydrogens (tertiary/aromatic N) is 1. The third-order valence-corrected chi connectivity index (χ3v) is 2.88. The molecule has 1 aromatic carbocycles. The van der Waals surface area contributed by atoms with Crippen molar-refractivity contribution in [2.75, 3.05) is 11.4 Å². The number of halogens is 1. The summed E-state index contributed by atoms with van der Waals surface area (Å²) in [5, 5.41) is 8.55. The minimum Gasteiger partial charge on any atom is -0.329 e. The lowest BCUT2D eigenvalue weighted by molar-refractivity contribution is 0.954. The van der Waals surface area contributed by atoms with E-state index in [-0.39, 0.29) is 0 Å². The highest BCUT2D eigenvalue weighted by Gasteiger charge is 2.21. The van der Waals surface area contributed by atoms with Gasteiger partial charge >= 0.3 is 0 Å². The Hall–Kier alpha value is -1.02. The number of nitrogens with one attached hydrogen (secondary N) is 1. The van der Waals surface area contributed by atoms with Crippen LogP contribution in [0.3, 0.4) is 0 Å². The Morgan fingerprint density at radius 1 is 1.43 bits per heavy atom. The minimum absolute atomic E-state index is 0.682. The molecule has 0 radical (unpaired) electrons. The third kappa shape index (κ3) is 1.50. The van der Waals surface area contributed by atoms with Crippen molar-refractivity contribution in [2.45, 2.75) is 19.8 Å². The zero-order valence-electron chi connectivity index (χ0n) is 8.18. The molecule has 2 rings (SSSR count). The molecule has 0 amide bonds. The number of hydrogen-bond acceptors (Lipinski definition) is 1. The maximum Gasteiger partial charge on any atom is 0.100 e. The highest BCUT2D eigenvalue weighted by Crippen LogP contribution is 2.32. The number of hydrogen-bond donors (Lipinski definition) is 1. The summed E-state index contributed by atoms with van der Waals surface area (Å²) in [6.45, 7) is 2.95. The minimum atomic E-state index is 0.682. The molecule has 0 aromatic heterocycles. The Morgan fingerprint density at radius 2 is 2.21 bits per heavy atom. The molecule has 1 saturated heterocycles. The highest BCUT2D eigenvalue weighted by molar-refractivity contribution is 6.34. The van der Waals surface area contributed by atoms with Gasteiger partial charge in [0.25, 0.3) is 0 Å². The van der Waals surface area contributed by atoms with E-state index in [9.17, 15) is 0 Å². The van der Waals surface area contributed by atoms with Gasteiger partial charge in [0.2, 0.25) is 0 Å². The van der Waals surface area contributed by atoms with Gasteiger partial charge in [-0.25, -0.2) is 0 Å². The predicted molar refractivity (Wildman–Crippen MR) is 60.5 cm³/mol. The summed E-state index contributed by atoms with van der Waals surface area (Å²) in [6, 6.07) is 5.86. The second kappa shape index (κ2) is 3.62. The van der Waals surface area contributed by atoms with Crippen molar-refractivity contribution in [3.8, 4) is 0 Å². The molecule has 0 unspecified atom stereocenters. The van der Waals surface area contributed by atoms with Gasteiger partial charge in [0, 0.05) is 13.0 Å². The summed E-state index contributed by atoms with van der Waals surface area (Å²) in [4.78, 5) is 2.01. The van der Waals surface area contributed by atoms with E-state index in [1.54, 1.807) is 0 Å². The van der Waals surface area contributed by atoms with E-state index in [1.165, 1.54) is 0 Å². The van der Waals surface area contributed by atoms with Crippen LogP contribution in [0.25, 0.3) is 0 Å². The molecule has 74 valence electrons. The van der Waals surface area contributed by atoms with Crippen LogP contribution in [0.4, 0.5) is 5.69 Å². The molecule has 0 saturated carbocycles. The van der Waals surface area contributed by atoms with Crippen LogP contribution in [0.1, 0.15) is 18.4 Å². The smallest absolute Gasteiger partial charge is 0.100 e. The molecule has 1 heterocycles. The van der Waals surface area contributed by atoms with Crippen LogP contribution in [0.5, 0.6) is 0 Å². The van der Waals surface area contributed by atoms with Crippen LogP contribution in [0.2, 0.25) is 5.02 Å². The lowest BCUT2D eigenvalue weighted by Gasteiger charge is -2.21. The lowest BCUT2D eigenvalue weighted by atomic mass is 10.2. The van der Waals surface area contributed by atoms with Crippen molar-refractivity contribution in [2.24, 2.45) is 0 Å². The van der Waals surface area contributed by atoms with Gasteiger partial charge in [0.1, 0.15) is 5.84 Å². The average Bonchev–Trinajstić information content (AvgIpc) is 2.52. The van der Waals surface area contributed by atoms with E-state index in [2.05, 4.69) is 0 Å². The molecule has 1 aromatic rings. The molecule has 14 heavy (non-hydrogen) atoms. The van der Waals surface area contributed by atoms with Gasteiger partial charge in [-0.15, -0.1) is 0 Å². The van der Waals surface area contributed by atoms with Gasteiger partial charge in [0.15, 0.2) is 0 Å². The van der Waals surface area contributed by atoms with Gasteiger partial charge in [-0.2, -0.15) is 0 Å². The molecule has 1 N–H and O–H groups in total. The molecule has 2 nitrogen and oxygen atoms in total. The first-order chi connectivity index (χ1) is 6.70. The number of benzene rings is 1. The zero-order chi connectivity index (χ0) is 10.1. The fraction of sp³-hybridized carbons (Fsp3) is 0.364. The van der Waals surface area contributed by atoms with Crippen LogP contribution in [-0.4, -0.2) is 12.4 Å². The van der Waals surface area contributed by atoms with Gasteiger partial charge in [-0.1, -0.05) is 23.7 Å². The van der Waals surface area contributed by atoms with E-state index in [0.29, 0.717) is 5.84 Å². The largest absolute Gasteiger partial charge is 0.329 e. The average molecular weight is 209 g/mol. The Kier molecular flexibility index (Phi) is 2.46. The second-order valence-corrected chi connectivity index (χ2v) is 4.01. The normalized spacial score (nSPS) is 16.4. The Balaban J connectivity index is 2.44. The maximum absolute atomic E-state index is 7.80. The molecule has 0 atom stereocenters. The van der Waals surface area contributed by atoms with Crippen LogP contribution in [0.15, 0.2) is 18.2 Å². The third-order valence-electron chi connectivity index (χ3n) is 2.58. The summed E-state index contributed by atoms with van der Waals surface area (Å²) < 4.78 is 0. The molecule has 0 spiro atoms. The fourth-order valence-electron chi connectivity index (χ4n) is 1.89. The number of rotatable bonds is 1. The number of anilines is 1. The molecule has 3 heteroatoms. The van der Waals surface area contributed by atoms with Crippen molar-refractivity contribution in [1.29, 1.82) is 5.41 Å². The van der Waals surface area contributed by atoms with Crippen molar-refractivity contribution < 1.29 is 0 Å². The first-order valence-electron chi connectivity index (χ1n) is 4.80. The fourth-order valence-corrected chi connectivity index (χ4v) is 2.21. The summed E-state index contributed by atoms with van der Waals surface area (Å²) in [7, 11) is 0. The standard InChI is InChI=1S/C11H13ClN2/c1-8-4-2-5-9(12)11(8)14-7-3-6-10(14)13/h2,4-5,13H,3,6-7H2,1H3. The van der Waals surface area contributed by atoms with Crippen LogP contribution in [0, 0.1) is 12.3 Å². The Bertz CT molecular complexity index is 353. The molecule has 0 aliphatic carbocycles. The SMILES string of the molecule is Cc1cccc(Cl)c1N1CCCC1=N. The quantitative estimate of drug-likeness (QED) is 0.754. The van der Waals surface area contributed by atoms with E-state index < -0.39 is 0 Å². The Labute approximate surface area is 89.0 Å². The van der Waals surface area contributed by atoms with E-state index in [4.69, 9.17) is 17.0 Å². The second-order valence-electron chi connectivity index (χ2n) is 3.61. The summed E-state index contributed by atoms with van der Waals surface area (Å²) in [5.74, 6) is 0.682. The molecule has 1 aliphatic rings. The molecule has 1 aliphatic heterocycles. The molecular weight excluding hydrogens is 196 g/mol. The van der Waals surface area contributed by atoms with Gasteiger partial charge < -0.3 is 4.90 Å². The topological polar surface area (TPSA) is 27.1 Å². The molecular formula is C11H13ClN2. The first kappa shape index (κ1) is 9.53. The van der Waals surface area contributed by atoms with Crippen LogP contribution < -0.4 is 4.90 Å². The Morgan fingerprint density at radius 3 is 2.79 bits per heavy atom. The van der Waals surface area contributed by atoms with Crippen LogP contribution in [-0.2, 0) is 0 Å². The van der Waals surface area contributed by atoms with Gasteiger partial charge in [0.05, 0.1) is 10.7 Å². The van der Waals surface area contributed by atoms with Crippen molar-refractivity contribution in [3.63, 3.8) is 0 Å². The van der Waals surface area contributed by atoms with Crippen molar-refractivity contribution in [3.05, 3.63) is 28.8 Å². The van der Waals surface area contributed by atoms with Crippen molar-refractivity contribution >= 4 is 23.1 Å². The predicted octanol–water partition coefficient (Wildman–Crippen LogP) is 3.23. The van der Waals surface area contributed by atoms with Crippen molar-refractivity contribution in [1.82, 2.24) is 0 Å². The number of aryl methyl sites for hydroxylation is 1. The summed E-state index contributed by atoms with van der Waals surface area (Å²) in [5.41, 5.74) is 2.15. The maximum atomic E-state index is 7.80. The summed E-state index contributed by atoms with van der Waals surface area (Å²) >= 11 is 6.14. The van der Waals surface area contributed by atoms with E-state index in [1.807, 2.05) is 30.0 Å². The zero-order valence-corrected chi connectivity index (χ0v) is 8.93. The molecule has 0 bridgehead atoms. The molecule has 1 fully saturated rings. The van der Waals surface area contributed by atoms with E-state index >= 15 is 0 Å². The monoisotopic (exact) mass is 208 g/mol. The number of amidine groups is 1. The number of para-hydroxylation sites is 1. The summed E-state index contributed by atoms with van der Waals surface area (Å²) in [6.07, 6.45) is 1.92. The van der Waals surface area contributed by atoms with Crippen LogP contribution >= 0.6 is 11.6 Å². The van der Waals surface area contributed by atoms with E-state index in [0.717, 1.165) is 35.7 Å². The van der Waals surface area contributed by atoms with Gasteiger partial charge in [-0.05, 0) is 25.0 Å². The highest BCUT2D eigenvalue weighted by atomic mass is 35.5. The first-order valence-corrected chi connectivity index (χ1v) is 5.18. The lowest BCUT2D eigenvalue weighted by Crippen LogP contribution is -2.24.